The average Bonchev–Trinajstić information content (AvgIpc) is 2.29. The van der Waals surface area contributed by atoms with Crippen molar-refractivity contribution >= 4 is 29.0 Å². The van der Waals surface area contributed by atoms with Crippen LogP contribution in [0.15, 0.2) is 4.99 Å². The Hall–Kier alpha value is -1.93. The van der Waals surface area contributed by atoms with Crippen molar-refractivity contribution in [1.82, 2.24) is 9.97 Å². The molecule has 1 aromatic heterocycles. The monoisotopic (exact) mass is 252 g/mol. The smallest absolute Gasteiger partial charge is 0.224 e. The van der Waals surface area contributed by atoms with Gasteiger partial charge in [0.15, 0.2) is 11.6 Å². The van der Waals surface area contributed by atoms with Crippen LogP contribution in [-0.2, 0) is 0 Å². The van der Waals surface area contributed by atoms with Crippen LogP contribution in [0.2, 0.25) is 0 Å². The van der Waals surface area contributed by atoms with E-state index in [4.69, 9.17) is 11.5 Å². The highest BCUT2D eigenvalue weighted by Crippen LogP contribution is 2.32. The molecule has 1 aliphatic heterocycles. The zero-order valence-corrected chi connectivity index (χ0v) is 9.96. The maximum absolute atomic E-state index is 9.60. The van der Waals surface area contributed by atoms with E-state index < -0.39 is 12.2 Å². The van der Waals surface area contributed by atoms with Crippen molar-refractivity contribution in [3.8, 4) is 0 Å². The fraction of sp³-hybridized carbons (Fsp3) is 0.500. The zero-order chi connectivity index (χ0) is 13.3. The van der Waals surface area contributed by atoms with Crippen LogP contribution in [0.5, 0.6) is 0 Å². The predicted octanol–water partition coefficient (Wildman–Crippen LogP) is -0.729. The zero-order valence-electron chi connectivity index (χ0n) is 9.96. The van der Waals surface area contributed by atoms with Gasteiger partial charge in [-0.2, -0.15) is 9.97 Å². The van der Waals surface area contributed by atoms with Gasteiger partial charge in [0.25, 0.3) is 0 Å². The first kappa shape index (κ1) is 12.5. The normalized spacial score (nSPS) is 17.4. The number of nitrogen functional groups attached to an aromatic ring is 2. The molecule has 1 aliphatic rings. The molecular weight excluding hydrogens is 236 g/mol. The van der Waals surface area contributed by atoms with Crippen molar-refractivity contribution in [3.63, 3.8) is 0 Å². The molecule has 0 fully saturated rings. The molecule has 2 rings (SSSR count). The lowest BCUT2D eigenvalue weighted by atomic mass is 10.1. The van der Waals surface area contributed by atoms with E-state index in [2.05, 4.69) is 20.3 Å². The van der Waals surface area contributed by atoms with E-state index in [0.717, 1.165) is 0 Å². The number of hydrogen-bond acceptors (Lipinski definition) is 8. The molecule has 2 heterocycles. The Labute approximate surface area is 104 Å². The number of anilines is 3. The second-order valence-electron chi connectivity index (χ2n) is 4.21. The summed E-state index contributed by atoms with van der Waals surface area (Å²) >= 11 is 0. The fourth-order valence-corrected chi connectivity index (χ4v) is 1.64. The predicted molar refractivity (Wildman–Crippen MR) is 68.7 cm³/mol. The first-order chi connectivity index (χ1) is 8.47. The minimum Gasteiger partial charge on any atom is -0.391 e. The van der Waals surface area contributed by atoms with Gasteiger partial charge in [-0.05, 0) is 6.92 Å². The number of nitrogens with one attached hydrogen (secondary N) is 1. The Kier molecular flexibility index (Phi) is 3.30. The van der Waals surface area contributed by atoms with Gasteiger partial charge in [-0.1, -0.05) is 0 Å². The van der Waals surface area contributed by atoms with E-state index in [1.165, 1.54) is 6.92 Å². The molecule has 18 heavy (non-hydrogen) atoms. The van der Waals surface area contributed by atoms with Crippen LogP contribution in [0.4, 0.5) is 23.3 Å². The Morgan fingerprint density at radius 3 is 2.72 bits per heavy atom. The number of nitrogens with zero attached hydrogens (tertiary/aromatic N) is 3. The van der Waals surface area contributed by atoms with Crippen LogP contribution in [0, 0.1) is 0 Å². The summed E-state index contributed by atoms with van der Waals surface area (Å²) in [6, 6.07) is 0. The number of aromatic nitrogens is 2. The molecule has 0 amide bonds. The third kappa shape index (κ3) is 2.49. The first-order valence-corrected chi connectivity index (χ1v) is 5.56. The van der Waals surface area contributed by atoms with Crippen molar-refractivity contribution in [2.75, 3.05) is 23.3 Å². The largest absolute Gasteiger partial charge is 0.391 e. The summed E-state index contributed by atoms with van der Waals surface area (Å²) in [6.45, 7) is 1.94. The molecule has 0 saturated carbocycles. The summed E-state index contributed by atoms with van der Waals surface area (Å²) in [5, 5.41) is 21.8. The minimum absolute atomic E-state index is 0.0846. The van der Waals surface area contributed by atoms with Gasteiger partial charge in [-0.25, -0.2) is 4.99 Å². The SMILES string of the molecule is CC(O)C(O)CC1=Nc2c(N)nc(N)nc2NC1. The second kappa shape index (κ2) is 4.75. The van der Waals surface area contributed by atoms with Crippen molar-refractivity contribution in [2.24, 2.45) is 4.99 Å². The number of aliphatic hydroxyl groups is 2. The third-order valence-electron chi connectivity index (χ3n) is 2.66. The molecule has 8 heteroatoms. The number of fused-ring (bicyclic) bond motifs is 1. The molecule has 0 saturated heterocycles. The van der Waals surface area contributed by atoms with Gasteiger partial charge >= 0.3 is 0 Å². The summed E-state index contributed by atoms with van der Waals surface area (Å²) in [6.07, 6.45) is -1.41. The Morgan fingerprint density at radius 2 is 2.06 bits per heavy atom. The van der Waals surface area contributed by atoms with Crippen LogP contribution in [0.1, 0.15) is 13.3 Å². The molecule has 0 bridgehead atoms. The summed E-state index contributed by atoms with van der Waals surface area (Å²) in [7, 11) is 0. The van der Waals surface area contributed by atoms with Crippen LogP contribution >= 0.6 is 0 Å². The lowest BCUT2D eigenvalue weighted by Gasteiger charge is -2.20. The molecular formula is C10H16N6O2. The van der Waals surface area contributed by atoms with Crippen LogP contribution in [-0.4, -0.2) is 44.6 Å². The summed E-state index contributed by atoms with van der Waals surface area (Å²) < 4.78 is 0. The van der Waals surface area contributed by atoms with E-state index in [-0.39, 0.29) is 18.2 Å². The van der Waals surface area contributed by atoms with Gasteiger partial charge in [0.05, 0.1) is 18.8 Å². The molecule has 0 spiro atoms. The molecule has 2 atom stereocenters. The highest BCUT2D eigenvalue weighted by Gasteiger charge is 2.20. The summed E-state index contributed by atoms with van der Waals surface area (Å²) in [5.41, 5.74) is 12.3. The molecule has 98 valence electrons. The Morgan fingerprint density at radius 1 is 1.33 bits per heavy atom. The number of aliphatic hydroxyl groups excluding tert-OH is 2. The van der Waals surface area contributed by atoms with Crippen LogP contribution < -0.4 is 16.8 Å². The van der Waals surface area contributed by atoms with Gasteiger partial charge in [0.2, 0.25) is 5.95 Å². The number of rotatable bonds is 3. The quantitative estimate of drug-likeness (QED) is 0.477. The maximum Gasteiger partial charge on any atom is 0.224 e. The van der Waals surface area contributed by atoms with Crippen LogP contribution in [0.3, 0.4) is 0 Å². The summed E-state index contributed by atoms with van der Waals surface area (Å²) in [4.78, 5) is 12.1. The maximum atomic E-state index is 9.60. The van der Waals surface area contributed by atoms with Gasteiger partial charge in [0, 0.05) is 12.1 Å². The standard InChI is InChI=1S/C10H16N6O2/c1-4(17)6(18)2-5-3-13-9-7(14-5)8(11)15-10(12)16-9/h4,6,17-18H,2-3H2,1H3,(H5,11,12,13,15,16). The van der Waals surface area contributed by atoms with E-state index in [1.54, 1.807) is 0 Å². The van der Waals surface area contributed by atoms with E-state index in [0.29, 0.717) is 23.8 Å². The van der Waals surface area contributed by atoms with Crippen molar-refractivity contribution < 1.29 is 10.2 Å². The van der Waals surface area contributed by atoms with E-state index in [1.807, 2.05) is 0 Å². The highest BCUT2D eigenvalue weighted by molar-refractivity contribution is 5.97. The molecule has 0 aliphatic carbocycles. The van der Waals surface area contributed by atoms with Crippen molar-refractivity contribution in [3.05, 3.63) is 0 Å². The molecule has 1 aromatic rings. The molecule has 0 radical (unpaired) electrons. The Balaban J connectivity index is 2.25. The minimum atomic E-state index is -0.858. The number of nitrogens with two attached hydrogens (primary N) is 2. The average molecular weight is 252 g/mol. The number of hydrogen-bond donors (Lipinski definition) is 5. The van der Waals surface area contributed by atoms with Gasteiger partial charge < -0.3 is 27.0 Å². The first-order valence-electron chi connectivity index (χ1n) is 5.56. The van der Waals surface area contributed by atoms with Crippen molar-refractivity contribution in [2.45, 2.75) is 25.6 Å². The summed E-state index contributed by atoms with van der Waals surface area (Å²) in [5.74, 6) is 0.755. The number of aliphatic imine (C=N–C) groups is 1. The molecule has 7 N–H and O–H groups in total. The lowest BCUT2D eigenvalue weighted by molar-refractivity contribution is 0.0362. The second-order valence-corrected chi connectivity index (χ2v) is 4.21. The highest BCUT2D eigenvalue weighted by atomic mass is 16.3. The van der Waals surface area contributed by atoms with Crippen LogP contribution in [0.25, 0.3) is 0 Å². The topological polar surface area (TPSA) is 143 Å². The van der Waals surface area contributed by atoms with Gasteiger partial charge in [-0.3, -0.25) is 0 Å². The third-order valence-corrected chi connectivity index (χ3v) is 2.66. The molecule has 2 unspecified atom stereocenters. The lowest BCUT2D eigenvalue weighted by Crippen LogP contribution is -2.29. The Bertz CT molecular complexity index is 488. The van der Waals surface area contributed by atoms with Gasteiger partial charge in [-0.15, -0.1) is 0 Å². The molecule has 8 nitrogen and oxygen atoms in total. The van der Waals surface area contributed by atoms with E-state index in [9.17, 15) is 10.2 Å². The van der Waals surface area contributed by atoms with Crippen molar-refractivity contribution in [1.29, 1.82) is 0 Å². The van der Waals surface area contributed by atoms with E-state index >= 15 is 0 Å². The fourth-order valence-electron chi connectivity index (χ4n) is 1.64. The van der Waals surface area contributed by atoms with Gasteiger partial charge in [0.1, 0.15) is 5.69 Å². The molecule has 0 aromatic carbocycles.